The number of ether oxygens (including phenoxy) is 3. The summed E-state index contributed by atoms with van der Waals surface area (Å²) in [5.41, 5.74) is 2.94. The summed E-state index contributed by atoms with van der Waals surface area (Å²) in [4.78, 5) is 13.8. The van der Waals surface area contributed by atoms with Gasteiger partial charge in [-0.15, -0.1) is 0 Å². The lowest BCUT2D eigenvalue weighted by molar-refractivity contribution is -0.137. The molecule has 0 unspecified atom stereocenters. The van der Waals surface area contributed by atoms with E-state index in [9.17, 15) is 9.90 Å². The lowest BCUT2D eigenvalue weighted by Gasteiger charge is -2.30. The maximum absolute atomic E-state index is 11.5. The van der Waals surface area contributed by atoms with Crippen molar-refractivity contribution in [3.63, 3.8) is 0 Å². The summed E-state index contributed by atoms with van der Waals surface area (Å²) < 4.78 is 19.4. The van der Waals surface area contributed by atoms with Gasteiger partial charge in [-0.1, -0.05) is 30.3 Å². The fourth-order valence-electron chi connectivity index (χ4n) is 4.82. The first-order valence-corrected chi connectivity index (χ1v) is 12.6. The van der Waals surface area contributed by atoms with Crippen LogP contribution in [0.25, 0.3) is 21.8 Å². The number of morpholine rings is 1. The first-order valence-electron chi connectivity index (χ1n) is 12.6. The summed E-state index contributed by atoms with van der Waals surface area (Å²) in [6, 6.07) is 22.0. The average molecular weight is 489 g/mol. The highest BCUT2D eigenvalue weighted by Gasteiger charge is 2.15. The Labute approximate surface area is 210 Å². The van der Waals surface area contributed by atoms with Crippen molar-refractivity contribution in [2.24, 2.45) is 0 Å². The van der Waals surface area contributed by atoms with E-state index >= 15 is 0 Å². The van der Waals surface area contributed by atoms with Gasteiger partial charge in [0.25, 0.3) is 0 Å². The van der Waals surface area contributed by atoms with Crippen LogP contribution in [0.2, 0.25) is 0 Å². The van der Waals surface area contributed by atoms with Crippen molar-refractivity contribution in [1.82, 2.24) is 4.57 Å². The highest BCUT2D eigenvalue weighted by atomic mass is 16.5. The molecule has 188 valence electrons. The van der Waals surface area contributed by atoms with Crippen LogP contribution < -0.4 is 14.4 Å². The van der Waals surface area contributed by atoms with Gasteiger partial charge in [-0.2, -0.15) is 0 Å². The van der Waals surface area contributed by atoms with Gasteiger partial charge in [0.2, 0.25) is 0 Å². The number of unbranched alkanes of at least 4 members (excludes halogenated alkanes) is 2. The zero-order valence-corrected chi connectivity index (χ0v) is 20.4. The summed E-state index contributed by atoms with van der Waals surface area (Å²) in [6.45, 7) is 4.48. The molecule has 0 bridgehead atoms. The van der Waals surface area contributed by atoms with Crippen LogP contribution in [0.4, 0.5) is 5.69 Å². The average Bonchev–Trinajstić information content (AvgIpc) is 3.21. The molecule has 1 saturated heterocycles. The Morgan fingerprint density at radius 1 is 0.833 bits per heavy atom. The number of hydrogen-bond acceptors (Lipinski definition) is 5. The summed E-state index contributed by atoms with van der Waals surface area (Å²) in [6.07, 6.45) is 2.87. The van der Waals surface area contributed by atoms with Crippen molar-refractivity contribution in [3.05, 3.63) is 66.7 Å². The third kappa shape index (κ3) is 5.41. The van der Waals surface area contributed by atoms with Gasteiger partial charge in [-0.25, -0.2) is 0 Å². The highest BCUT2D eigenvalue weighted by Crippen LogP contribution is 2.32. The van der Waals surface area contributed by atoms with E-state index < -0.39 is 5.97 Å². The van der Waals surface area contributed by atoms with Crippen LogP contribution in [0, 0.1) is 0 Å². The number of nitrogens with zero attached hydrogens (tertiary/aromatic N) is 2. The van der Waals surface area contributed by atoms with E-state index in [1.54, 1.807) is 0 Å². The molecule has 36 heavy (non-hydrogen) atoms. The van der Waals surface area contributed by atoms with E-state index in [0.29, 0.717) is 13.2 Å². The first kappa shape index (κ1) is 24.0. The zero-order chi connectivity index (χ0) is 24.7. The molecule has 3 aromatic carbocycles. The Hall–Kier alpha value is -3.71. The Bertz CT molecular complexity index is 1330. The molecular weight excluding hydrogens is 456 g/mol. The number of carboxylic acid groups (broad SMARTS) is 1. The summed E-state index contributed by atoms with van der Waals surface area (Å²) in [5, 5.41) is 11.5. The molecule has 0 saturated carbocycles. The van der Waals surface area contributed by atoms with Gasteiger partial charge >= 0.3 is 5.97 Å². The molecule has 5 rings (SSSR count). The predicted octanol–water partition coefficient (Wildman–Crippen LogP) is 5.34. The monoisotopic (exact) mass is 488 g/mol. The number of benzene rings is 3. The maximum atomic E-state index is 11.5. The third-order valence-electron chi connectivity index (χ3n) is 6.57. The minimum absolute atomic E-state index is 0.0812. The number of anilines is 1. The molecule has 1 aliphatic rings. The second-order valence-corrected chi connectivity index (χ2v) is 9.00. The molecule has 1 aromatic heterocycles. The summed E-state index contributed by atoms with van der Waals surface area (Å²) in [7, 11) is 0. The van der Waals surface area contributed by atoms with Crippen LogP contribution in [0.3, 0.4) is 0 Å². The molecule has 4 aromatic rings. The highest BCUT2D eigenvalue weighted by molar-refractivity contribution is 6.08. The number of carbonyl (C=O) groups is 1. The van der Waals surface area contributed by atoms with E-state index in [1.807, 2.05) is 65.2 Å². The second-order valence-electron chi connectivity index (χ2n) is 9.00. The number of aromatic nitrogens is 1. The van der Waals surface area contributed by atoms with Crippen LogP contribution in [0.15, 0.2) is 66.7 Å². The third-order valence-corrected chi connectivity index (χ3v) is 6.57. The molecule has 0 aliphatic carbocycles. The number of rotatable bonds is 11. The number of aliphatic carboxylic acids is 1. The van der Waals surface area contributed by atoms with Crippen LogP contribution in [0.5, 0.6) is 11.5 Å². The zero-order valence-electron chi connectivity index (χ0n) is 20.4. The Kier molecular flexibility index (Phi) is 7.57. The lowest BCUT2D eigenvalue weighted by Crippen LogP contribution is -2.36. The number of carboxylic acids is 1. The van der Waals surface area contributed by atoms with Crippen molar-refractivity contribution < 1.29 is 24.1 Å². The van der Waals surface area contributed by atoms with Crippen molar-refractivity contribution in [2.45, 2.75) is 25.8 Å². The number of hydrogen-bond donors (Lipinski definition) is 1. The SMILES string of the molecule is O=C(O)Cn1c2ccccc2c2ccc(OCCCCCOc3ccccc3N3CCOCC3)cc21. The minimum Gasteiger partial charge on any atom is -0.494 e. The van der Waals surface area contributed by atoms with E-state index in [4.69, 9.17) is 14.2 Å². The summed E-state index contributed by atoms with van der Waals surface area (Å²) in [5.74, 6) is 0.826. The van der Waals surface area contributed by atoms with Crippen LogP contribution in [-0.4, -0.2) is 55.2 Å². The Balaban J connectivity index is 1.12. The molecule has 0 spiro atoms. The molecule has 1 fully saturated rings. The van der Waals surface area contributed by atoms with Crippen molar-refractivity contribution in [1.29, 1.82) is 0 Å². The van der Waals surface area contributed by atoms with Gasteiger partial charge < -0.3 is 28.8 Å². The van der Waals surface area contributed by atoms with Gasteiger partial charge in [-0.05, 0) is 49.6 Å². The van der Waals surface area contributed by atoms with E-state index in [0.717, 1.165) is 84.6 Å². The van der Waals surface area contributed by atoms with Crippen LogP contribution >= 0.6 is 0 Å². The first-order chi connectivity index (χ1) is 17.7. The summed E-state index contributed by atoms with van der Waals surface area (Å²) >= 11 is 0. The smallest absolute Gasteiger partial charge is 0.323 e. The standard InChI is InChI=1S/C29H32N2O5/c32-29(33)21-31-25-9-3-2-8-23(25)24-13-12-22(20-27(24)31)35-16-6-1-7-17-36-28-11-5-4-10-26(28)30-14-18-34-19-15-30/h2-5,8-13,20H,1,6-7,14-19,21H2,(H,32,33). The molecule has 0 amide bonds. The molecular formula is C29H32N2O5. The van der Waals surface area contributed by atoms with Crippen molar-refractivity contribution in [3.8, 4) is 11.5 Å². The quantitative estimate of drug-likeness (QED) is 0.287. The minimum atomic E-state index is -0.862. The largest absolute Gasteiger partial charge is 0.494 e. The van der Waals surface area contributed by atoms with Gasteiger partial charge in [0.1, 0.15) is 18.0 Å². The van der Waals surface area contributed by atoms with E-state index in [2.05, 4.69) is 11.0 Å². The van der Waals surface area contributed by atoms with E-state index in [-0.39, 0.29) is 6.54 Å². The molecule has 1 N–H and O–H groups in total. The number of para-hydroxylation sites is 3. The molecule has 7 nitrogen and oxygen atoms in total. The second kappa shape index (κ2) is 11.4. The number of fused-ring (bicyclic) bond motifs is 3. The van der Waals surface area contributed by atoms with Crippen LogP contribution in [0.1, 0.15) is 19.3 Å². The Morgan fingerprint density at radius 2 is 1.56 bits per heavy atom. The maximum Gasteiger partial charge on any atom is 0.323 e. The fourth-order valence-corrected chi connectivity index (χ4v) is 4.82. The van der Waals surface area contributed by atoms with Gasteiger partial charge in [0.15, 0.2) is 0 Å². The molecule has 0 radical (unpaired) electrons. The normalized spacial score (nSPS) is 13.8. The topological polar surface area (TPSA) is 73.2 Å². The lowest BCUT2D eigenvalue weighted by atomic mass is 10.1. The molecule has 7 heteroatoms. The van der Waals surface area contributed by atoms with Gasteiger partial charge in [0, 0.05) is 35.4 Å². The predicted molar refractivity (Wildman–Crippen MR) is 141 cm³/mol. The molecule has 2 heterocycles. The Morgan fingerprint density at radius 3 is 2.39 bits per heavy atom. The van der Waals surface area contributed by atoms with Crippen molar-refractivity contribution in [2.75, 3.05) is 44.4 Å². The van der Waals surface area contributed by atoms with Crippen LogP contribution in [-0.2, 0) is 16.1 Å². The van der Waals surface area contributed by atoms with Gasteiger partial charge in [0.05, 0.1) is 37.6 Å². The fraction of sp³-hybridized carbons (Fsp3) is 0.345. The van der Waals surface area contributed by atoms with E-state index in [1.165, 1.54) is 0 Å². The van der Waals surface area contributed by atoms with Crippen molar-refractivity contribution >= 4 is 33.5 Å². The van der Waals surface area contributed by atoms with Gasteiger partial charge in [-0.3, -0.25) is 4.79 Å². The molecule has 0 atom stereocenters. The molecule has 1 aliphatic heterocycles.